The fourth-order valence-electron chi connectivity index (χ4n) is 2.08. The summed E-state index contributed by atoms with van der Waals surface area (Å²) < 4.78 is 1.77. The van der Waals surface area contributed by atoms with Gasteiger partial charge in [0.1, 0.15) is 0 Å². The Hall–Kier alpha value is -2.27. The highest BCUT2D eigenvalue weighted by Crippen LogP contribution is 2.21. The number of nitrogens with two attached hydrogens (primary N) is 1. The van der Waals surface area contributed by atoms with Crippen molar-refractivity contribution in [2.45, 2.75) is 19.4 Å². The molecule has 3 rings (SSSR count). The molecule has 2 aromatic heterocycles. The van der Waals surface area contributed by atoms with Gasteiger partial charge in [-0.2, -0.15) is 0 Å². The third kappa shape index (κ3) is 2.08. The van der Waals surface area contributed by atoms with Crippen molar-refractivity contribution in [2.24, 2.45) is 5.73 Å². The quantitative estimate of drug-likeness (QED) is 0.777. The molecule has 19 heavy (non-hydrogen) atoms. The SMILES string of the molecule is CCC(N)c1cn(-c2cccc3cnccc23)nn1. The Morgan fingerprint density at radius 1 is 1.32 bits per heavy atom. The van der Waals surface area contributed by atoms with Crippen molar-refractivity contribution in [1.82, 2.24) is 20.0 Å². The molecule has 5 nitrogen and oxygen atoms in total. The fourth-order valence-corrected chi connectivity index (χ4v) is 2.08. The molecule has 1 atom stereocenters. The van der Waals surface area contributed by atoms with Crippen molar-refractivity contribution in [1.29, 1.82) is 0 Å². The summed E-state index contributed by atoms with van der Waals surface area (Å²) in [6, 6.07) is 7.94. The van der Waals surface area contributed by atoms with Gasteiger partial charge in [0.05, 0.1) is 23.6 Å². The van der Waals surface area contributed by atoms with Crippen molar-refractivity contribution >= 4 is 10.8 Å². The van der Waals surface area contributed by atoms with Gasteiger partial charge in [0.2, 0.25) is 0 Å². The number of aromatic nitrogens is 4. The number of benzene rings is 1. The molecular weight excluding hydrogens is 238 g/mol. The maximum absolute atomic E-state index is 5.97. The van der Waals surface area contributed by atoms with E-state index in [-0.39, 0.29) is 6.04 Å². The molecule has 2 N–H and O–H groups in total. The molecule has 0 aliphatic heterocycles. The lowest BCUT2D eigenvalue weighted by atomic mass is 10.1. The van der Waals surface area contributed by atoms with Crippen molar-refractivity contribution in [3.63, 3.8) is 0 Å². The minimum Gasteiger partial charge on any atom is -0.323 e. The van der Waals surface area contributed by atoms with Gasteiger partial charge in [0, 0.05) is 23.2 Å². The maximum atomic E-state index is 5.97. The topological polar surface area (TPSA) is 69.6 Å². The zero-order valence-electron chi connectivity index (χ0n) is 10.7. The molecule has 0 saturated heterocycles. The number of nitrogens with zero attached hydrogens (tertiary/aromatic N) is 4. The number of pyridine rings is 1. The van der Waals surface area contributed by atoms with Crippen LogP contribution in [0.5, 0.6) is 0 Å². The highest BCUT2D eigenvalue weighted by atomic mass is 15.4. The highest BCUT2D eigenvalue weighted by Gasteiger charge is 2.10. The van der Waals surface area contributed by atoms with Crippen LogP contribution in [0.25, 0.3) is 16.5 Å². The summed E-state index contributed by atoms with van der Waals surface area (Å²) in [5, 5.41) is 10.5. The molecule has 0 aliphatic carbocycles. The van der Waals surface area contributed by atoms with Gasteiger partial charge in [0.25, 0.3) is 0 Å². The van der Waals surface area contributed by atoms with Crippen LogP contribution in [0.2, 0.25) is 0 Å². The molecule has 0 saturated carbocycles. The van der Waals surface area contributed by atoms with Crippen LogP contribution in [0.15, 0.2) is 42.9 Å². The van der Waals surface area contributed by atoms with E-state index in [4.69, 9.17) is 5.73 Å². The van der Waals surface area contributed by atoms with Crippen LogP contribution in [0.4, 0.5) is 0 Å². The summed E-state index contributed by atoms with van der Waals surface area (Å²) in [7, 11) is 0. The van der Waals surface area contributed by atoms with Crippen LogP contribution in [-0.4, -0.2) is 20.0 Å². The highest BCUT2D eigenvalue weighted by molar-refractivity contribution is 5.89. The minimum absolute atomic E-state index is 0.0645. The average molecular weight is 253 g/mol. The Bertz CT molecular complexity index is 698. The smallest absolute Gasteiger partial charge is 0.0998 e. The molecule has 1 aromatic carbocycles. The molecule has 0 aliphatic rings. The molecular formula is C14H15N5. The monoisotopic (exact) mass is 253 g/mol. The van der Waals surface area contributed by atoms with Crippen LogP contribution >= 0.6 is 0 Å². The zero-order chi connectivity index (χ0) is 13.2. The van der Waals surface area contributed by atoms with E-state index >= 15 is 0 Å². The van der Waals surface area contributed by atoms with Crippen LogP contribution in [0, 0.1) is 0 Å². The lowest BCUT2D eigenvalue weighted by Crippen LogP contribution is -2.08. The van der Waals surface area contributed by atoms with Crippen molar-refractivity contribution < 1.29 is 0 Å². The Kier molecular flexibility index (Phi) is 2.97. The first-order valence-electron chi connectivity index (χ1n) is 6.30. The van der Waals surface area contributed by atoms with E-state index in [1.165, 1.54) is 0 Å². The first-order chi connectivity index (χ1) is 9.29. The summed E-state index contributed by atoms with van der Waals surface area (Å²) in [4.78, 5) is 4.13. The van der Waals surface area contributed by atoms with Crippen LogP contribution in [0.3, 0.4) is 0 Å². The van der Waals surface area contributed by atoms with Crippen LogP contribution in [0.1, 0.15) is 25.1 Å². The first-order valence-corrected chi connectivity index (χ1v) is 6.30. The molecule has 0 amide bonds. The predicted octanol–water partition coefficient (Wildman–Crippen LogP) is 2.23. The summed E-state index contributed by atoms with van der Waals surface area (Å²) in [5.74, 6) is 0. The largest absolute Gasteiger partial charge is 0.323 e. The van der Waals surface area contributed by atoms with E-state index in [0.29, 0.717) is 0 Å². The van der Waals surface area contributed by atoms with Crippen LogP contribution in [-0.2, 0) is 0 Å². The number of fused-ring (bicyclic) bond motifs is 1. The number of hydrogen-bond acceptors (Lipinski definition) is 4. The number of rotatable bonds is 3. The van der Waals surface area contributed by atoms with Gasteiger partial charge >= 0.3 is 0 Å². The molecule has 0 spiro atoms. The normalized spacial score (nSPS) is 12.7. The van der Waals surface area contributed by atoms with E-state index in [1.54, 1.807) is 10.9 Å². The molecule has 0 fully saturated rings. The molecule has 5 heteroatoms. The summed E-state index contributed by atoms with van der Waals surface area (Å²) in [6.07, 6.45) is 6.36. The fraction of sp³-hybridized carbons (Fsp3) is 0.214. The second-order valence-corrected chi connectivity index (χ2v) is 4.48. The summed E-state index contributed by atoms with van der Waals surface area (Å²) in [5.41, 5.74) is 7.77. The standard InChI is InChI=1S/C14H15N5/c1-2-12(15)13-9-19(18-17-13)14-5-3-4-10-8-16-7-6-11(10)14/h3-9,12H,2,15H2,1H3. The average Bonchev–Trinajstić information content (AvgIpc) is 2.95. The molecule has 3 aromatic rings. The second-order valence-electron chi connectivity index (χ2n) is 4.48. The zero-order valence-corrected chi connectivity index (χ0v) is 10.7. The minimum atomic E-state index is -0.0645. The van der Waals surface area contributed by atoms with Crippen molar-refractivity contribution in [2.75, 3.05) is 0 Å². The Labute approximate surface area is 111 Å². The van der Waals surface area contributed by atoms with E-state index in [1.807, 2.05) is 43.6 Å². The van der Waals surface area contributed by atoms with E-state index in [2.05, 4.69) is 15.3 Å². The number of hydrogen-bond donors (Lipinski definition) is 1. The molecule has 0 bridgehead atoms. The van der Waals surface area contributed by atoms with Crippen molar-refractivity contribution in [3.8, 4) is 5.69 Å². The van der Waals surface area contributed by atoms with E-state index in [9.17, 15) is 0 Å². The van der Waals surface area contributed by atoms with Gasteiger partial charge in [-0.1, -0.05) is 24.3 Å². The third-order valence-electron chi connectivity index (χ3n) is 3.24. The summed E-state index contributed by atoms with van der Waals surface area (Å²) >= 11 is 0. The summed E-state index contributed by atoms with van der Waals surface area (Å²) in [6.45, 7) is 2.03. The van der Waals surface area contributed by atoms with E-state index in [0.717, 1.165) is 28.6 Å². The van der Waals surface area contributed by atoms with Gasteiger partial charge in [-0.05, 0) is 18.6 Å². The lowest BCUT2D eigenvalue weighted by Gasteiger charge is -2.05. The second kappa shape index (κ2) is 4.78. The molecule has 96 valence electrons. The Balaban J connectivity index is 2.12. The molecule has 0 radical (unpaired) electrons. The molecule has 1 unspecified atom stereocenters. The van der Waals surface area contributed by atoms with Gasteiger partial charge < -0.3 is 5.73 Å². The van der Waals surface area contributed by atoms with Gasteiger partial charge in [0.15, 0.2) is 0 Å². The third-order valence-corrected chi connectivity index (χ3v) is 3.24. The Morgan fingerprint density at radius 3 is 3.05 bits per heavy atom. The first kappa shape index (κ1) is 11.8. The maximum Gasteiger partial charge on any atom is 0.0998 e. The van der Waals surface area contributed by atoms with Crippen LogP contribution < -0.4 is 5.73 Å². The predicted molar refractivity (Wildman–Crippen MR) is 73.9 cm³/mol. The lowest BCUT2D eigenvalue weighted by molar-refractivity contribution is 0.670. The van der Waals surface area contributed by atoms with E-state index < -0.39 is 0 Å². The van der Waals surface area contributed by atoms with Gasteiger partial charge in [-0.15, -0.1) is 5.10 Å². The van der Waals surface area contributed by atoms with Gasteiger partial charge in [-0.25, -0.2) is 4.68 Å². The molecule has 2 heterocycles. The van der Waals surface area contributed by atoms with Crippen molar-refractivity contribution in [3.05, 3.63) is 48.5 Å². The van der Waals surface area contributed by atoms with Gasteiger partial charge in [-0.3, -0.25) is 4.98 Å². The Morgan fingerprint density at radius 2 is 2.21 bits per heavy atom.